The fourth-order valence-electron chi connectivity index (χ4n) is 1.28. The summed E-state index contributed by atoms with van der Waals surface area (Å²) >= 11 is 5.61. The lowest BCUT2D eigenvalue weighted by Gasteiger charge is -2.13. The first kappa shape index (κ1) is 13.3. The number of benzene rings is 1. The van der Waals surface area contributed by atoms with E-state index in [0.717, 1.165) is 12.1 Å². The number of rotatable bonds is 3. The summed E-state index contributed by atoms with van der Waals surface area (Å²) in [6.07, 6.45) is -7.55. The molecule has 0 aliphatic rings. The maximum atomic E-state index is 12.6. The van der Waals surface area contributed by atoms with Crippen LogP contribution >= 0.6 is 11.6 Å². The minimum Gasteiger partial charge on any atom is -0.392 e. The third kappa shape index (κ3) is 4.37. The molecule has 0 aliphatic heterocycles. The van der Waals surface area contributed by atoms with Gasteiger partial charge in [0.1, 0.15) is 5.82 Å². The average Bonchev–Trinajstić information content (AvgIpc) is 2.06. The van der Waals surface area contributed by atoms with Crippen molar-refractivity contribution >= 4 is 11.6 Å². The van der Waals surface area contributed by atoms with Gasteiger partial charge in [0.15, 0.2) is 0 Å². The van der Waals surface area contributed by atoms with Crippen LogP contribution in [0.4, 0.5) is 17.6 Å². The molecule has 0 amide bonds. The fourth-order valence-corrected chi connectivity index (χ4v) is 1.52. The molecule has 0 aromatic heterocycles. The molecule has 1 unspecified atom stereocenters. The molecule has 0 heterocycles. The zero-order valence-electron chi connectivity index (χ0n) is 8.06. The third-order valence-corrected chi connectivity index (χ3v) is 2.29. The molecule has 0 fully saturated rings. The van der Waals surface area contributed by atoms with Crippen molar-refractivity contribution in [2.75, 3.05) is 0 Å². The van der Waals surface area contributed by atoms with Gasteiger partial charge >= 0.3 is 6.18 Å². The van der Waals surface area contributed by atoms with Crippen LogP contribution in [0, 0.1) is 5.82 Å². The highest BCUT2D eigenvalue weighted by Gasteiger charge is 2.31. The first-order valence-corrected chi connectivity index (χ1v) is 4.84. The van der Waals surface area contributed by atoms with Gasteiger partial charge in [0, 0.05) is 11.4 Å². The number of aliphatic hydroxyl groups is 1. The van der Waals surface area contributed by atoms with Crippen molar-refractivity contribution in [2.45, 2.75) is 25.1 Å². The fraction of sp³-hybridized carbons (Fsp3) is 0.400. The van der Waals surface area contributed by atoms with E-state index in [0.29, 0.717) is 5.56 Å². The molecule has 1 rings (SSSR count). The van der Waals surface area contributed by atoms with Gasteiger partial charge in [-0.3, -0.25) is 0 Å². The molecular formula is C10H9ClF4O. The molecule has 1 nitrogen and oxygen atoms in total. The first-order chi connectivity index (χ1) is 7.28. The largest absolute Gasteiger partial charge is 0.392 e. The van der Waals surface area contributed by atoms with E-state index in [4.69, 9.17) is 16.7 Å². The normalized spacial score (nSPS) is 13.9. The number of aliphatic hydroxyl groups excluding tert-OH is 1. The first-order valence-electron chi connectivity index (χ1n) is 4.46. The predicted molar refractivity (Wildman–Crippen MR) is 51.8 cm³/mol. The molecule has 0 saturated carbocycles. The van der Waals surface area contributed by atoms with Gasteiger partial charge < -0.3 is 5.11 Å². The van der Waals surface area contributed by atoms with E-state index < -0.39 is 24.5 Å². The zero-order valence-corrected chi connectivity index (χ0v) is 8.82. The van der Waals surface area contributed by atoms with Crippen molar-refractivity contribution in [3.05, 3.63) is 34.6 Å². The van der Waals surface area contributed by atoms with Gasteiger partial charge in [-0.25, -0.2) is 4.39 Å². The van der Waals surface area contributed by atoms with E-state index in [2.05, 4.69) is 0 Å². The summed E-state index contributed by atoms with van der Waals surface area (Å²) < 4.78 is 48.4. The maximum absolute atomic E-state index is 12.6. The molecule has 0 aliphatic carbocycles. The standard InChI is InChI=1S/C10H9ClF4O/c11-9-4-7(12)2-1-6(9)3-8(16)5-10(13,14)15/h1-2,4,8,16H,3,5H2. The molecule has 90 valence electrons. The summed E-state index contributed by atoms with van der Waals surface area (Å²) in [5.41, 5.74) is 0.291. The Morgan fingerprint density at radius 1 is 1.31 bits per heavy atom. The molecule has 0 spiro atoms. The topological polar surface area (TPSA) is 20.2 Å². The molecule has 16 heavy (non-hydrogen) atoms. The second-order valence-corrected chi connectivity index (χ2v) is 3.82. The molecule has 0 saturated heterocycles. The Balaban J connectivity index is 2.66. The van der Waals surface area contributed by atoms with Crippen LogP contribution in [0.25, 0.3) is 0 Å². The van der Waals surface area contributed by atoms with Crippen LogP contribution in [0.3, 0.4) is 0 Å². The van der Waals surface area contributed by atoms with E-state index in [9.17, 15) is 17.6 Å². The Morgan fingerprint density at radius 2 is 1.94 bits per heavy atom. The summed E-state index contributed by atoms with van der Waals surface area (Å²) in [7, 11) is 0. The van der Waals surface area contributed by atoms with Gasteiger partial charge in [-0.2, -0.15) is 13.2 Å². The van der Waals surface area contributed by atoms with E-state index in [1.54, 1.807) is 0 Å². The quantitative estimate of drug-likeness (QED) is 0.823. The summed E-state index contributed by atoms with van der Waals surface area (Å²) in [6.45, 7) is 0. The lowest BCUT2D eigenvalue weighted by atomic mass is 10.1. The Kier molecular flexibility index (Phi) is 4.15. The molecule has 1 atom stereocenters. The highest BCUT2D eigenvalue weighted by Crippen LogP contribution is 2.25. The summed E-state index contributed by atoms with van der Waals surface area (Å²) in [5.74, 6) is -0.570. The second-order valence-electron chi connectivity index (χ2n) is 3.41. The Bertz CT molecular complexity index is 364. The van der Waals surface area contributed by atoms with Crippen LogP contribution in [0.5, 0.6) is 0 Å². The Morgan fingerprint density at radius 3 is 2.44 bits per heavy atom. The monoisotopic (exact) mass is 256 g/mol. The van der Waals surface area contributed by atoms with Gasteiger partial charge in [0.25, 0.3) is 0 Å². The lowest BCUT2D eigenvalue weighted by molar-refractivity contribution is -0.153. The third-order valence-electron chi connectivity index (χ3n) is 1.94. The molecule has 1 aromatic carbocycles. The van der Waals surface area contributed by atoms with Gasteiger partial charge in [-0.05, 0) is 17.7 Å². The number of halogens is 5. The van der Waals surface area contributed by atoms with Crippen LogP contribution < -0.4 is 0 Å². The molecule has 1 aromatic rings. The Hall–Kier alpha value is -0.810. The van der Waals surface area contributed by atoms with Gasteiger partial charge in [-0.1, -0.05) is 17.7 Å². The van der Waals surface area contributed by atoms with Crippen molar-refractivity contribution < 1.29 is 22.7 Å². The minimum atomic E-state index is -4.42. The average molecular weight is 257 g/mol. The minimum absolute atomic E-state index is 0.0150. The highest BCUT2D eigenvalue weighted by atomic mass is 35.5. The van der Waals surface area contributed by atoms with Crippen LogP contribution in [0.1, 0.15) is 12.0 Å². The van der Waals surface area contributed by atoms with Crippen LogP contribution in [-0.2, 0) is 6.42 Å². The van der Waals surface area contributed by atoms with Crippen LogP contribution in [-0.4, -0.2) is 17.4 Å². The van der Waals surface area contributed by atoms with E-state index >= 15 is 0 Å². The smallest absolute Gasteiger partial charge is 0.391 e. The molecule has 1 N–H and O–H groups in total. The predicted octanol–water partition coefficient (Wildman–Crippen LogP) is 3.33. The van der Waals surface area contributed by atoms with Crippen LogP contribution in [0.15, 0.2) is 18.2 Å². The number of hydrogen-bond donors (Lipinski definition) is 1. The zero-order chi connectivity index (χ0) is 12.3. The van der Waals surface area contributed by atoms with Crippen molar-refractivity contribution in [1.82, 2.24) is 0 Å². The van der Waals surface area contributed by atoms with E-state index in [-0.39, 0.29) is 11.4 Å². The van der Waals surface area contributed by atoms with Crippen molar-refractivity contribution in [2.24, 2.45) is 0 Å². The van der Waals surface area contributed by atoms with Crippen molar-refractivity contribution in [3.8, 4) is 0 Å². The molecule has 0 radical (unpaired) electrons. The maximum Gasteiger partial charge on any atom is 0.391 e. The molecule has 6 heteroatoms. The second kappa shape index (κ2) is 5.01. The van der Waals surface area contributed by atoms with Gasteiger partial charge in [0.05, 0.1) is 12.5 Å². The molecular weight excluding hydrogens is 248 g/mol. The lowest BCUT2D eigenvalue weighted by Crippen LogP contribution is -2.21. The van der Waals surface area contributed by atoms with Gasteiger partial charge in [0.2, 0.25) is 0 Å². The van der Waals surface area contributed by atoms with E-state index in [1.165, 1.54) is 6.07 Å². The summed E-state index contributed by atoms with van der Waals surface area (Å²) in [5, 5.41) is 9.17. The summed E-state index contributed by atoms with van der Waals surface area (Å²) in [6, 6.07) is 3.34. The number of alkyl halides is 3. The van der Waals surface area contributed by atoms with Gasteiger partial charge in [-0.15, -0.1) is 0 Å². The number of hydrogen-bond acceptors (Lipinski definition) is 1. The SMILES string of the molecule is OC(Cc1ccc(F)cc1Cl)CC(F)(F)F. The highest BCUT2D eigenvalue weighted by molar-refractivity contribution is 6.31. The van der Waals surface area contributed by atoms with Crippen molar-refractivity contribution in [3.63, 3.8) is 0 Å². The van der Waals surface area contributed by atoms with Crippen LogP contribution in [0.2, 0.25) is 5.02 Å². The summed E-state index contributed by atoms with van der Waals surface area (Å²) in [4.78, 5) is 0. The Labute approximate surface area is 94.7 Å². The van der Waals surface area contributed by atoms with Crippen molar-refractivity contribution in [1.29, 1.82) is 0 Å². The molecule has 0 bridgehead atoms. The van der Waals surface area contributed by atoms with E-state index in [1.807, 2.05) is 0 Å².